The van der Waals surface area contributed by atoms with E-state index in [4.69, 9.17) is 10.5 Å². The average molecular weight is 226 g/mol. The second-order valence-electron chi connectivity index (χ2n) is 6.09. The van der Waals surface area contributed by atoms with E-state index in [1.807, 2.05) is 0 Å². The van der Waals surface area contributed by atoms with E-state index in [0.717, 1.165) is 13.2 Å². The van der Waals surface area contributed by atoms with Crippen LogP contribution in [0, 0.1) is 5.41 Å². The van der Waals surface area contributed by atoms with Gasteiger partial charge >= 0.3 is 0 Å². The summed E-state index contributed by atoms with van der Waals surface area (Å²) in [6.07, 6.45) is 5.43. The summed E-state index contributed by atoms with van der Waals surface area (Å²) in [5.41, 5.74) is 6.40. The van der Waals surface area contributed by atoms with E-state index in [2.05, 4.69) is 18.7 Å². The zero-order chi connectivity index (χ0) is 11.6. The first kappa shape index (κ1) is 12.3. The molecule has 16 heavy (non-hydrogen) atoms. The van der Waals surface area contributed by atoms with Crippen molar-refractivity contribution in [1.29, 1.82) is 0 Å². The van der Waals surface area contributed by atoms with Crippen molar-refractivity contribution in [2.24, 2.45) is 11.1 Å². The number of ether oxygens (including phenoxy) is 1. The maximum absolute atomic E-state index is 5.95. The lowest BCUT2D eigenvalue weighted by atomic mass is 9.83. The van der Waals surface area contributed by atoms with E-state index >= 15 is 0 Å². The fraction of sp³-hybridized carbons (Fsp3) is 1.00. The summed E-state index contributed by atoms with van der Waals surface area (Å²) in [5, 5.41) is 0. The van der Waals surface area contributed by atoms with Crippen LogP contribution < -0.4 is 5.73 Å². The van der Waals surface area contributed by atoms with Crippen molar-refractivity contribution in [1.82, 2.24) is 4.90 Å². The van der Waals surface area contributed by atoms with Crippen LogP contribution >= 0.6 is 0 Å². The SMILES string of the molecule is CC1(C)CCCN(C(CN)C2CCCO2)C1. The molecule has 3 nitrogen and oxygen atoms in total. The van der Waals surface area contributed by atoms with Gasteiger partial charge in [0.25, 0.3) is 0 Å². The lowest BCUT2D eigenvalue weighted by Crippen LogP contribution is -2.53. The molecule has 2 heterocycles. The second-order valence-corrected chi connectivity index (χ2v) is 6.09. The van der Waals surface area contributed by atoms with Crippen LogP contribution in [0.25, 0.3) is 0 Å². The molecule has 2 aliphatic heterocycles. The van der Waals surface area contributed by atoms with Crippen molar-refractivity contribution in [3.63, 3.8) is 0 Å². The Morgan fingerprint density at radius 3 is 2.81 bits per heavy atom. The minimum Gasteiger partial charge on any atom is -0.377 e. The molecule has 2 fully saturated rings. The molecule has 0 saturated carbocycles. The fourth-order valence-electron chi connectivity index (χ4n) is 3.19. The summed E-state index contributed by atoms with van der Waals surface area (Å²) in [6.45, 7) is 8.77. The zero-order valence-corrected chi connectivity index (χ0v) is 10.7. The van der Waals surface area contributed by atoms with Crippen molar-refractivity contribution < 1.29 is 4.74 Å². The van der Waals surface area contributed by atoms with Crippen LogP contribution in [0.4, 0.5) is 0 Å². The molecule has 94 valence electrons. The van der Waals surface area contributed by atoms with Crippen molar-refractivity contribution in [3.05, 3.63) is 0 Å². The minimum absolute atomic E-state index is 0.388. The average Bonchev–Trinajstić information content (AvgIpc) is 2.71. The van der Waals surface area contributed by atoms with Crippen LogP contribution in [-0.2, 0) is 4.74 Å². The monoisotopic (exact) mass is 226 g/mol. The minimum atomic E-state index is 0.388. The molecule has 3 heteroatoms. The van der Waals surface area contributed by atoms with Crippen LogP contribution in [0.1, 0.15) is 39.5 Å². The largest absolute Gasteiger partial charge is 0.377 e. The van der Waals surface area contributed by atoms with Gasteiger partial charge in [-0.15, -0.1) is 0 Å². The number of nitrogens with zero attached hydrogens (tertiary/aromatic N) is 1. The first-order valence-electron chi connectivity index (χ1n) is 6.68. The third-order valence-electron chi connectivity index (χ3n) is 4.03. The van der Waals surface area contributed by atoms with E-state index < -0.39 is 0 Å². The fourth-order valence-corrected chi connectivity index (χ4v) is 3.19. The van der Waals surface area contributed by atoms with Gasteiger partial charge in [0.15, 0.2) is 0 Å². The molecule has 2 unspecified atom stereocenters. The second kappa shape index (κ2) is 5.03. The quantitative estimate of drug-likeness (QED) is 0.794. The maximum atomic E-state index is 5.95. The molecule has 2 aliphatic rings. The highest BCUT2D eigenvalue weighted by Gasteiger charge is 2.35. The lowest BCUT2D eigenvalue weighted by Gasteiger charge is -2.43. The van der Waals surface area contributed by atoms with E-state index in [9.17, 15) is 0 Å². The molecule has 0 bridgehead atoms. The summed E-state index contributed by atoms with van der Waals surface area (Å²) in [6, 6.07) is 0.446. The van der Waals surface area contributed by atoms with Gasteiger partial charge < -0.3 is 10.5 Å². The molecule has 0 amide bonds. The summed E-state index contributed by atoms with van der Waals surface area (Å²) < 4.78 is 5.81. The van der Waals surface area contributed by atoms with Crippen LogP contribution in [0.3, 0.4) is 0 Å². The molecule has 2 saturated heterocycles. The van der Waals surface area contributed by atoms with Crippen LogP contribution in [0.5, 0.6) is 0 Å². The van der Waals surface area contributed by atoms with E-state index in [1.165, 1.54) is 38.8 Å². The Balaban J connectivity index is 1.97. The highest BCUT2D eigenvalue weighted by molar-refractivity contribution is 4.89. The molecule has 0 aromatic rings. The molecule has 2 atom stereocenters. The predicted molar refractivity (Wildman–Crippen MR) is 66.4 cm³/mol. The number of nitrogens with two attached hydrogens (primary N) is 1. The predicted octanol–water partition coefficient (Wildman–Crippen LogP) is 1.61. The number of rotatable bonds is 3. The van der Waals surface area contributed by atoms with Gasteiger partial charge in [0.05, 0.1) is 6.10 Å². The molecular weight excluding hydrogens is 200 g/mol. The Morgan fingerprint density at radius 2 is 2.25 bits per heavy atom. The van der Waals surface area contributed by atoms with Gasteiger partial charge in [-0.2, -0.15) is 0 Å². The Labute approximate surface area is 99.3 Å². The highest BCUT2D eigenvalue weighted by atomic mass is 16.5. The van der Waals surface area contributed by atoms with E-state index in [0.29, 0.717) is 17.6 Å². The van der Waals surface area contributed by atoms with Crippen molar-refractivity contribution in [3.8, 4) is 0 Å². The number of hydrogen-bond donors (Lipinski definition) is 1. The standard InChI is InChI=1S/C13H26N2O/c1-13(2)6-4-7-15(10-13)11(9-14)12-5-3-8-16-12/h11-12H,3-10,14H2,1-2H3. The van der Waals surface area contributed by atoms with Crippen LogP contribution in [0.15, 0.2) is 0 Å². The summed E-state index contributed by atoms with van der Waals surface area (Å²) in [4.78, 5) is 2.57. The van der Waals surface area contributed by atoms with Gasteiger partial charge in [0, 0.05) is 25.7 Å². The van der Waals surface area contributed by atoms with E-state index in [-0.39, 0.29) is 0 Å². The smallest absolute Gasteiger partial charge is 0.0743 e. The normalized spacial score (nSPS) is 32.8. The first-order valence-corrected chi connectivity index (χ1v) is 6.68. The van der Waals surface area contributed by atoms with Crippen LogP contribution in [0.2, 0.25) is 0 Å². The van der Waals surface area contributed by atoms with Gasteiger partial charge in [-0.3, -0.25) is 4.90 Å². The first-order chi connectivity index (χ1) is 7.62. The van der Waals surface area contributed by atoms with Gasteiger partial charge in [-0.05, 0) is 37.6 Å². The Morgan fingerprint density at radius 1 is 1.44 bits per heavy atom. The van der Waals surface area contributed by atoms with Gasteiger partial charge in [-0.1, -0.05) is 13.8 Å². The lowest BCUT2D eigenvalue weighted by molar-refractivity contribution is -0.00425. The van der Waals surface area contributed by atoms with Crippen molar-refractivity contribution in [2.75, 3.05) is 26.2 Å². The number of hydrogen-bond acceptors (Lipinski definition) is 3. The van der Waals surface area contributed by atoms with Gasteiger partial charge in [0.1, 0.15) is 0 Å². The zero-order valence-electron chi connectivity index (χ0n) is 10.7. The molecule has 2 rings (SSSR count). The summed E-state index contributed by atoms with van der Waals surface area (Å²) >= 11 is 0. The molecule has 0 aromatic heterocycles. The third-order valence-corrected chi connectivity index (χ3v) is 4.03. The van der Waals surface area contributed by atoms with E-state index in [1.54, 1.807) is 0 Å². The molecule has 2 N–H and O–H groups in total. The molecule has 0 radical (unpaired) electrons. The molecule has 0 aliphatic carbocycles. The molecule has 0 spiro atoms. The Hall–Kier alpha value is -0.120. The van der Waals surface area contributed by atoms with Crippen molar-refractivity contribution in [2.45, 2.75) is 51.7 Å². The summed E-state index contributed by atoms with van der Waals surface area (Å²) in [7, 11) is 0. The highest BCUT2D eigenvalue weighted by Crippen LogP contribution is 2.31. The van der Waals surface area contributed by atoms with Gasteiger partial charge in [-0.25, -0.2) is 0 Å². The van der Waals surface area contributed by atoms with Crippen LogP contribution in [-0.4, -0.2) is 43.3 Å². The molecule has 0 aromatic carbocycles. The topological polar surface area (TPSA) is 38.5 Å². The molecular formula is C13H26N2O. The van der Waals surface area contributed by atoms with Crippen molar-refractivity contribution >= 4 is 0 Å². The Kier molecular flexibility index (Phi) is 3.88. The number of likely N-dealkylation sites (tertiary alicyclic amines) is 1. The summed E-state index contributed by atoms with van der Waals surface area (Å²) in [5.74, 6) is 0. The number of piperidine rings is 1. The van der Waals surface area contributed by atoms with Gasteiger partial charge in [0.2, 0.25) is 0 Å². The maximum Gasteiger partial charge on any atom is 0.0743 e. The third kappa shape index (κ3) is 2.76. The Bertz CT molecular complexity index is 224.